The normalized spacial score (nSPS) is 15.5. The van der Waals surface area contributed by atoms with Crippen LogP contribution >= 0.6 is 11.6 Å². The summed E-state index contributed by atoms with van der Waals surface area (Å²) in [5, 5.41) is 14.7. The maximum absolute atomic E-state index is 12.8. The van der Waals surface area contributed by atoms with Crippen molar-refractivity contribution >= 4 is 11.6 Å². The quantitative estimate of drug-likeness (QED) is 0.916. The average molecular weight is 348 g/mol. The predicted octanol–water partition coefficient (Wildman–Crippen LogP) is 3.88. The number of aliphatic hydroxyl groups is 1. The van der Waals surface area contributed by atoms with E-state index in [0.717, 1.165) is 12.1 Å². The lowest BCUT2D eigenvalue weighted by atomic mass is 9.72. The number of rotatable bonds is 3. The topological polar surface area (TPSA) is 50.9 Å². The summed E-state index contributed by atoms with van der Waals surface area (Å²) in [5.41, 5.74) is -2.80. The van der Waals surface area contributed by atoms with Crippen molar-refractivity contribution in [2.24, 2.45) is 5.41 Å². The molecular weight excluding hydrogens is 331 g/mol. The molecule has 2 rings (SSSR count). The van der Waals surface area contributed by atoms with E-state index in [9.17, 15) is 18.3 Å². The molecule has 0 saturated carbocycles. The highest BCUT2D eigenvalue weighted by Gasteiger charge is 2.43. The summed E-state index contributed by atoms with van der Waals surface area (Å²) in [4.78, 5) is 3.81. The van der Waals surface area contributed by atoms with Gasteiger partial charge in [0.2, 0.25) is 0 Å². The van der Waals surface area contributed by atoms with Crippen LogP contribution in [0.25, 0.3) is 0 Å². The van der Waals surface area contributed by atoms with Crippen molar-refractivity contribution in [3.05, 3.63) is 47.0 Å². The van der Waals surface area contributed by atoms with Crippen molar-refractivity contribution in [3.8, 4) is 0 Å². The van der Waals surface area contributed by atoms with E-state index in [-0.39, 0.29) is 6.54 Å². The minimum atomic E-state index is -4.54. The summed E-state index contributed by atoms with van der Waals surface area (Å²) in [6.45, 7) is 5.40. The number of nitrogens with zero attached hydrogens (tertiary/aromatic N) is 3. The zero-order chi connectivity index (χ0) is 17.5. The molecule has 1 aromatic heterocycles. The zero-order valence-electron chi connectivity index (χ0n) is 12.9. The van der Waals surface area contributed by atoms with Crippen LogP contribution in [0.15, 0.2) is 30.9 Å². The molecule has 1 aromatic carbocycles. The van der Waals surface area contributed by atoms with Crippen molar-refractivity contribution in [2.75, 3.05) is 0 Å². The summed E-state index contributed by atoms with van der Waals surface area (Å²) in [5.74, 6) is 0. The van der Waals surface area contributed by atoms with Crippen LogP contribution < -0.4 is 0 Å². The van der Waals surface area contributed by atoms with E-state index < -0.39 is 27.8 Å². The minimum absolute atomic E-state index is 0.0399. The Labute approximate surface area is 136 Å². The third kappa shape index (κ3) is 3.50. The molecule has 0 radical (unpaired) electrons. The number of aromatic nitrogens is 3. The van der Waals surface area contributed by atoms with Crippen molar-refractivity contribution in [1.29, 1.82) is 0 Å². The van der Waals surface area contributed by atoms with Crippen LogP contribution in [0.2, 0.25) is 5.02 Å². The number of halogens is 4. The summed E-state index contributed by atoms with van der Waals surface area (Å²) in [6.07, 6.45) is -1.79. The lowest BCUT2D eigenvalue weighted by molar-refractivity contribution is -0.137. The Balaban J connectivity index is 2.51. The van der Waals surface area contributed by atoms with Gasteiger partial charge in [-0.15, -0.1) is 0 Å². The maximum atomic E-state index is 12.8. The van der Waals surface area contributed by atoms with Gasteiger partial charge < -0.3 is 5.11 Å². The molecule has 1 atom stereocenters. The molecule has 0 aliphatic carbocycles. The third-order valence-electron chi connectivity index (χ3n) is 3.85. The van der Waals surface area contributed by atoms with Gasteiger partial charge in [0.25, 0.3) is 0 Å². The molecule has 1 unspecified atom stereocenters. The molecule has 0 bridgehead atoms. The first-order chi connectivity index (χ1) is 10.4. The van der Waals surface area contributed by atoms with Crippen LogP contribution in [0, 0.1) is 5.41 Å². The Morgan fingerprint density at radius 1 is 1.22 bits per heavy atom. The summed E-state index contributed by atoms with van der Waals surface area (Å²) >= 11 is 5.79. The van der Waals surface area contributed by atoms with Crippen LogP contribution in [0.5, 0.6) is 0 Å². The Morgan fingerprint density at radius 3 is 2.30 bits per heavy atom. The van der Waals surface area contributed by atoms with Crippen molar-refractivity contribution in [1.82, 2.24) is 14.8 Å². The van der Waals surface area contributed by atoms with Gasteiger partial charge >= 0.3 is 6.18 Å². The van der Waals surface area contributed by atoms with Crippen molar-refractivity contribution in [2.45, 2.75) is 39.1 Å². The number of hydrogen-bond donors (Lipinski definition) is 1. The van der Waals surface area contributed by atoms with Gasteiger partial charge in [0, 0.05) is 0 Å². The number of hydrogen-bond acceptors (Lipinski definition) is 3. The molecule has 23 heavy (non-hydrogen) atoms. The molecule has 1 N–H and O–H groups in total. The van der Waals surface area contributed by atoms with Gasteiger partial charge in [0.1, 0.15) is 18.3 Å². The fraction of sp³-hybridized carbons (Fsp3) is 0.467. The van der Waals surface area contributed by atoms with Crippen LogP contribution in [-0.4, -0.2) is 19.9 Å². The molecule has 2 aromatic rings. The summed E-state index contributed by atoms with van der Waals surface area (Å²) in [7, 11) is 0. The van der Waals surface area contributed by atoms with E-state index in [1.54, 1.807) is 20.8 Å². The van der Waals surface area contributed by atoms with E-state index in [1.807, 2.05) is 0 Å². The van der Waals surface area contributed by atoms with Crippen molar-refractivity contribution < 1.29 is 18.3 Å². The van der Waals surface area contributed by atoms with Gasteiger partial charge in [0.15, 0.2) is 0 Å². The van der Waals surface area contributed by atoms with E-state index in [1.165, 1.54) is 23.4 Å². The van der Waals surface area contributed by atoms with Gasteiger partial charge in [-0.3, -0.25) is 0 Å². The Morgan fingerprint density at radius 2 is 1.87 bits per heavy atom. The Kier molecular flexibility index (Phi) is 4.47. The molecule has 0 saturated heterocycles. The van der Waals surface area contributed by atoms with Crippen LogP contribution in [0.1, 0.15) is 31.9 Å². The fourth-order valence-electron chi connectivity index (χ4n) is 2.31. The van der Waals surface area contributed by atoms with E-state index in [4.69, 9.17) is 11.6 Å². The first kappa shape index (κ1) is 17.7. The maximum Gasteiger partial charge on any atom is 0.417 e. The van der Waals surface area contributed by atoms with E-state index in [2.05, 4.69) is 10.1 Å². The highest BCUT2D eigenvalue weighted by atomic mass is 35.5. The largest absolute Gasteiger partial charge is 0.417 e. The lowest BCUT2D eigenvalue weighted by Gasteiger charge is -2.40. The van der Waals surface area contributed by atoms with Gasteiger partial charge in [-0.05, 0) is 23.1 Å². The van der Waals surface area contributed by atoms with Crippen molar-refractivity contribution in [3.63, 3.8) is 0 Å². The summed E-state index contributed by atoms with van der Waals surface area (Å²) in [6, 6.07) is 3.29. The molecule has 0 aliphatic rings. The average Bonchev–Trinajstić information content (AvgIpc) is 2.88. The molecule has 8 heteroatoms. The van der Waals surface area contributed by atoms with Crippen LogP contribution in [0.4, 0.5) is 13.2 Å². The molecular formula is C15H17ClF3N3O. The van der Waals surface area contributed by atoms with E-state index >= 15 is 0 Å². The second-order valence-electron chi connectivity index (χ2n) is 6.40. The van der Waals surface area contributed by atoms with E-state index in [0.29, 0.717) is 5.56 Å². The highest BCUT2D eigenvalue weighted by Crippen LogP contribution is 2.43. The number of alkyl halides is 3. The van der Waals surface area contributed by atoms with Gasteiger partial charge in [-0.1, -0.05) is 38.4 Å². The third-order valence-corrected chi connectivity index (χ3v) is 4.16. The number of benzene rings is 1. The molecule has 0 aliphatic heterocycles. The SMILES string of the molecule is CC(C)(C)C(O)(Cn1cncn1)c1ccc(C(F)(F)F)c(Cl)c1. The first-order valence-corrected chi connectivity index (χ1v) is 7.25. The standard InChI is InChI=1S/C15H17ClF3N3O/c1-13(2,3)14(23,7-22-9-20-8-21-22)10-4-5-11(12(16)6-10)15(17,18)19/h4-6,8-9,23H,7H2,1-3H3. The van der Waals surface area contributed by atoms with Gasteiger partial charge in [-0.2, -0.15) is 18.3 Å². The minimum Gasteiger partial charge on any atom is -0.383 e. The molecule has 0 fully saturated rings. The second kappa shape index (κ2) is 5.79. The molecule has 1 heterocycles. The first-order valence-electron chi connectivity index (χ1n) is 6.87. The Bertz CT molecular complexity index is 680. The second-order valence-corrected chi connectivity index (χ2v) is 6.80. The van der Waals surface area contributed by atoms with Crippen LogP contribution in [0.3, 0.4) is 0 Å². The Hall–Kier alpha value is -1.60. The van der Waals surface area contributed by atoms with Crippen LogP contribution in [-0.2, 0) is 18.3 Å². The van der Waals surface area contributed by atoms with Gasteiger partial charge in [-0.25, -0.2) is 9.67 Å². The predicted molar refractivity (Wildman–Crippen MR) is 79.8 cm³/mol. The molecule has 0 amide bonds. The summed E-state index contributed by atoms with van der Waals surface area (Å²) < 4.78 is 40.0. The molecule has 126 valence electrons. The lowest BCUT2D eigenvalue weighted by Crippen LogP contribution is -2.44. The smallest absolute Gasteiger partial charge is 0.383 e. The fourth-order valence-corrected chi connectivity index (χ4v) is 2.60. The van der Waals surface area contributed by atoms with Gasteiger partial charge in [0.05, 0.1) is 17.1 Å². The highest BCUT2D eigenvalue weighted by molar-refractivity contribution is 6.31. The zero-order valence-corrected chi connectivity index (χ0v) is 13.7. The molecule has 4 nitrogen and oxygen atoms in total. The molecule has 0 spiro atoms. The monoisotopic (exact) mass is 347 g/mol.